The van der Waals surface area contributed by atoms with Gasteiger partial charge in [-0.25, -0.2) is 0 Å². The molecule has 106 valence electrons. The molecule has 2 N–H and O–H groups in total. The van der Waals surface area contributed by atoms with Crippen LogP contribution >= 0.6 is 0 Å². The second kappa shape index (κ2) is 5.80. The van der Waals surface area contributed by atoms with Gasteiger partial charge in [0.1, 0.15) is 5.75 Å². The predicted molar refractivity (Wildman–Crippen MR) is 77.8 cm³/mol. The number of likely N-dealkylation sites (N-methyl/N-ethyl adjacent to an activating group) is 1. The topological polar surface area (TPSA) is 47.7 Å². The maximum Gasteiger partial charge on any atom is 0.119 e. The summed E-state index contributed by atoms with van der Waals surface area (Å²) < 4.78 is 10.6. The SMILES string of the molecule is COCC(CN)(C1CC1)N(C)c1ccc(OC)cc1. The summed E-state index contributed by atoms with van der Waals surface area (Å²) in [5.41, 5.74) is 7.14. The van der Waals surface area contributed by atoms with Crippen molar-refractivity contribution in [2.75, 3.05) is 39.3 Å². The van der Waals surface area contributed by atoms with Gasteiger partial charge in [-0.05, 0) is 43.0 Å². The van der Waals surface area contributed by atoms with E-state index in [0.717, 1.165) is 11.4 Å². The highest BCUT2D eigenvalue weighted by Crippen LogP contribution is 2.44. The molecule has 2 rings (SSSR count). The standard InChI is InChI=1S/C15H24N2O2/c1-17(13-6-8-14(19-3)9-7-13)15(10-16,11-18-2)12-4-5-12/h6-9,12H,4-5,10-11,16H2,1-3H3. The molecule has 1 aliphatic rings. The number of ether oxygens (including phenoxy) is 2. The Morgan fingerprint density at radius 3 is 2.32 bits per heavy atom. The van der Waals surface area contributed by atoms with E-state index in [4.69, 9.17) is 15.2 Å². The molecule has 1 saturated carbocycles. The summed E-state index contributed by atoms with van der Waals surface area (Å²) in [7, 11) is 5.53. The number of rotatable bonds is 7. The lowest BCUT2D eigenvalue weighted by Gasteiger charge is -2.42. The number of anilines is 1. The summed E-state index contributed by atoms with van der Waals surface area (Å²) >= 11 is 0. The smallest absolute Gasteiger partial charge is 0.119 e. The summed E-state index contributed by atoms with van der Waals surface area (Å²) in [5.74, 6) is 1.50. The number of hydrogen-bond donors (Lipinski definition) is 1. The number of benzene rings is 1. The Morgan fingerprint density at radius 2 is 1.89 bits per heavy atom. The fourth-order valence-corrected chi connectivity index (χ4v) is 2.78. The zero-order valence-corrected chi connectivity index (χ0v) is 12.1. The van der Waals surface area contributed by atoms with Crippen LogP contribution in [0.15, 0.2) is 24.3 Å². The highest BCUT2D eigenvalue weighted by molar-refractivity contribution is 5.51. The zero-order chi connectivity index (χ0) is 13.9. The van der Waals surface area contributed by atoms with E-state index in [1.165, 1.54) is 12.8 Å². The Balaban J connectivity index is 2.24. The monoisotopic (exact) mass is 264 g/mol. The van der Waals surface area contributed by atoms with Gasteiger partial charge in [-0.3, -0.25) is 0 Å². The minimum absolute atomic E-state index is 0.0939. The van der Waals surface area contributed by atoms with Crippen LogP contribution in [0.1, 0.15) is 12.8 Å². The molecule has 0 bridgehead atoms. The first kappa shape index (κ1) is 14.2. The third kappa shape index (κ3) is 2.69. The molecule has 19 heavy (non-hydrogen) atoms. The van der Waals surface area contributed by atoms with E-state index in [2.05, 4.69) is 24.1 Å². The molecule has 1 fully saturated rings. The predicted octanol–water partition coefficient (Wildman–Crippen LogP) is 1.89. The Labute approximate surface area is 115 Å². The molecule has 0 heterocycles. The highest BCUT2D eigenvalue weighted by Gasteiger charge is 2.47. The van der Waals surface area contributed by atoms with E-state index in [1.807, 2.05) is 12.1 Å². The Kier molecular flexibility index (Phi) is 4.32. The normalized spacial score (nSPS) is 17.9. The van der Waals surface area contributed by atoms with Gasteiger partial charge in [0, 0.05) is 26.4 Å². The first-order valence-electron chi connectivity index (χ1n) is 6.75. The van der Waals surface area contributed by atoms with Crippen molar-refractivity contribution in [2.24, 2.45) is 11.7 Å². The third-order valence-corrected chi connectivity index (χ3v) is 4.21. The third-order valence-electron chi connectivity index (χ3n) is 4.21. The van der Waals surface area contributed by atoms with Gasteiger partial charge in [0.15, 0.2) is 0 Å². The van der Waals surface area contributed by atoms with Crippen molar-refractivity contribution in [1.82, 2.24) is 0 Å². The molecule has 0 saturated heterocycles. The van der Waals surface area contributed by atoms with Gasteiger partial charge in [0.05, 0.1) is 19.3 Å². The van der Waals surface area contributed by atoms with Gasteiger partial charge in [0.2, 0.25) is 0 Å². The summed E-state index contributed by atoms with van der Waals surface area (Å²) in [6.07, 6.45) is 2.47. The molecule has 1 atom stereocenters. The van der Waals surface area contributed by atoms with Crippen LogP contribution in [0.3, 0.4) is 0 Å². The van der Waals surface area contributed by atoms with E-state index in [9.17, 15) is 0 Å². The van der Waals surface area contributed by atoms with Gasteiger partial charge >= 0.3 is 0 Å². The van der Waals surface area contributed by atoms with E-state index < -0.39 is 0 Å². The molecule has 0 aliphatic heterocycles. The van der Waals surface area contributed by atoms with Gasteiger partial charge in [-0.2, -0.15) is 0 Å². The lowest BCUT2D eigenvalue weighted by atomic mass is 9.91. The minimum atomic E-state index is -0.0939. The van der Waals surface area contributed by atoms with Crippen molar-refractivity contribution < 1.29 is 9.47 Å². The molecule has 0 radical (unpaired) electrons. The highest BCUT2D eigenvalue weighted by atomic mass is 16.5. The lowest BCUT2D eigenvalue weighted by molar-refractivity contribution is 0.120. The average molecular weight is 264 g/mol. The molecular formula is C15H24N2O2. The van der Waals surface area contributed by atoms with Crippen LogP contribution in [0.2, 0.25) is 0 Å². The fourth-order valence-electron chi connectivity index (χ4n) is 2.78. The quantitative estimate of drug-likeness (QED) is 0.817. The first-order valence-corrected chi connectivity index (χ1v) is 6.75. The molecule has 1 aromatic carbocycles. The van der Waals surface area contributed by atoms with Crippen LogP contribution in [-0.4, -0.2) is 40.0 Å². The van der Waals surface area contributed by atoms with Crippen molar-refractivity contribution >= 4 is 5.69 Å². The lowest BCUT2D eigenvalue weighted by Crippen LogP contribution is -2.57. The van der Waals surface area contributed by atoms with Crippen LogP contribution in [0.4, 0.5) is 5.69 Å². The molecule has 1 unspecified atom stereocenters. The Morgan fingerprint density at radius 1 is 1.26 bits per heavy atom. The summed E-state index contributed by atoms with van der Waals surface area (Å²) in [6, 6.07) is 8.10. The number of nitrogens with zero attached hydrogens (tertiary/aromatic N) is 1. The second-order valence-electron chi connectivity index (χ2n) is 5.27. The molecule has 0 aromatic heterocycles. The Hall–Kier alpha value is -1.26. The minimum Gasteiger partial charge on any atom is -0.497 e. The summed E-state index contributed by atoms with van der Waals surface area (Å²) in [6.45, 7) is 1.27. The first-order chi connectivity index (χ1) is 9.17. The van der Waals surface area contributed by atoms with Gasteiger partial charge in [-0.15, -0.1) is 0 Å². The van der Waals surface area contributed by atoms with E-state index in [-0.39, 0.29) is 5.54 Å². The van der Waals surface area contributed by atoms with Crippen molar-refractivity contribution in [2.45, 2.75) is 18.4 Å². The molecule has 4 nitrogen and oxygen atoms in total. The number of hydrogen-bond acceptors (Lipinski definition) is 4. The van der Waals surface area contributed by atoms with Crippen molar-refractivity contribution in [3.8, 4) is 5.75 Å². The summed E-state index contributed by atoms with van der Waals surface area (Å²) in [4.78, 5) is 2.27. The maximum absolute atomic E-state index is 6.08. The van der Waals surface area contributed by atoms with Crippen molar-refractivity contribution in [3.63, 3.8) is 0 Å². The summed E-state index contributed by atoms with van der Waals surface area (Å²) in [5, 5.41) is 0. The molecule has 1 aromatic rings. The van der Waals surface area contributed by atoms with Gasteiger partial charge in [0.25, 0.3) is 0 Å². The fraction of sp³-hybridized carbons (Fsp3) is 0.600. The van der Waals surface area contributed by atoms with Gasteiger partial charge < -0.3 is 20.1 Å². The molecule has 4 heteroatoms. The number of methoxy groups -OCH3 is 2. The Bertz CT molecular complexity index is 403. The number of nitrogens with two attached hydrogens (primary N) is 1. The maximum atomic E-state index is 6.08. The molecular weight excluding hydrogens is 240 g/mol. The molecule has 0 amide bonds. The van der Waals surface area contributed by atoms with E-state index >= 15 is 0 Å². The van der Waals surface area contributed by atoms with Crippen LogP contribution in [0.25, 0.3) is 0 Å². The molecule has 0 spiro atoms. The largest absolute Gasteiger partial charge is 0.497 e. The van der Waals surface area contributed by atoms with E-state index in [0.29, 0.717) is 19.1 Å². The van der Waals surface area contributed by atoms with Crippen molar-refractivity contribution in [1.29, 1.82) is 0 Å². The van der Waals surface area contributed by atoms with Crippen LogP contribution in [0, 0.1) is 5.92 Å². The van der Waals surface area contributed by atoms with E-state index in [1.54, 1.807) is 14.2 Å². The van der Waals surface area contributed by atoms with Crippen molar-refractivity contribution in [3.05, 3.63) is 24.3 Å². The zero-order valence-electron chi connectivity index (χ0n) is 12.1. The second-order valence-corrected chi connectivity index (χ2v) is 5.27. The van der Waals surface area contributed by atoms with Crippen LogP contribution < -0.4 is 15.4 Å². The average Bonchev–Trinajstić information content (AvgIpc) is 3.29. The van der Waals surface area contributed by atoms with Crippen LogP contribution in [0.5, 0.6) is 5.75 Å². The molecule has 1 aliphatic carbocycles. The van der Waals surface area contributed by atoms with Crippen LogP contribution in [-0.2, 0) is 4.74 Å². The van der Waals surface area contributed by atoms with Gasteiger partial charge in [-0.1, -0.05) is 0 Å².